The Balaban J connectivity index is 1.58. The largest absolute Gasteiger partial charge is 0.457 e. The van der Waals surface area contributed by atoms with Crippen molar-refractivity contribution in [2.75, 3.05) is 5.73 Å². The zero-order valence-corrected chi connectivity index (χ0v) is 14.7. The predicted octanol–water partition coefficient (Wildman–Crippen LogP) is 4.43. The average Bonchev–Trinajstić information content (AvgIpc) is 2.63. The predicted molar refractivity (Wildman–Crippen MR) is 100 cm³/mol. The lowest BCUT2D eigenvalue weighted by Crippen LogP contribution is -2.10. The van der Waals surface area contributed by atoms with Crippen LogP contribution in [0.25, 0.3) is 0 Å². The molecule has 132 valence electrons. The van der Waals surface area contributed by atoms with Gasteiger partial charge in [-0.15, -0.1) is 0 Å². The minimum Gasteiger partial charge on any atom is -0.457 e. The fourth-order valence-electron chi connectivity index (χ4n) is 2.37. The number of carbonyl (C=O) groups is 1. The number of nitrogens with zero attached hydrogens (tertiary/aromatic N) is 1. The zero-order valence-electron chi connectivity index (χ0n) is 14.7. The Labute approximate surface area is 152 Å². The summed E-state index contributed by atoms with van der Waals surface area (Å²) in [6.45, 7) is 3.99. The molecule has 5 nitrogen and oxygen atoms in total. The molecule has 0 aliphatic heterocycles. The van der Waals surface area contributed by atoms with E-state index in [-0.39, 0.29) is 18.0 Å². The molecule has 0 radical (unpaired) electrons. The number of hydrogen-bond donors (Lipinski definition) is 1. The van der Waals surface area contributed by atoms with Gasteiger partial charge in [-0.05, 0) is 55.8 Å². The molecule has 5 heteroatoms. The molecule has 2 N–H and O–H groups in total. The number of nitrogens with two attached hydrogens (primary N) is 1. The van der Waals surface area contributed by atoms with E-state index in [0.717, 1.165) is 22.8 Å². The van der Waals surface area contributed by atoms with Crippen molar-refractivity contribution in [3.63, 3.8) is 0 Å². The number of benzene rings is 2. The fourth-order valence-corrected chi connectivity index (χ4v) is 2.37. The van der Waals surface area contributed by atoms with E-state index in [9.17, 15) is 4.79 Å². The van der Waals surface area contributed by atoms with Gasteiger partial charge in [-0.25, -0.2) is 9.78 Å². The van der Waals surface area contributed by atoms with Crippen molar-refractivity contribution < 1.29 is 14.3 Å². The van der Waals surface area contributed by atoms with Crippen LogP contribution in [-0.2, 0) is 11.3 Å². The van der Waals surface area contributed by atoms with Crippen LogP contribution in [0.5, 0.6) is 11.5 Å². The van der Waals surface area contributed by atoms with Crippen molar-refractivity contribution in [1.29, 1.82) is 0 Å². The molecule has 0 atom stereocenters. The van der Waals surface area contributed by atoms with Crippen LogP contribution in [0.4, 0.5) is 5.82 Å². The molecule has 0 aliphatic carbocycles. The average molecular weight is 348 g/mol. The summed E-state index contributed by atoms with van der Waals surface area (Å²) in [5.74, 6) is 1.18. The molecule has 0 saturated heterocycles. The summed E-state index contributed by atoms with van der Waals surface area (Å²) in [7, 11) is 0. The molecular weight excluding hydrogens is 328 g/mol. The van der Waals surface area contributed by atoms with Crippen molar-refractivity contribution in [3.8, 4) is 11.5 Å². The number of esters is 1. The van der Waals surface area contributed by atoms with E-state index in [2.05, 4.69) is 4.98 Å². The van der Waals surface area contributed by atoms with Gasteiger partial charge in [0, 0.05) is 5.69 Å². The monoisotopic (exact) mass is 348 g/mol. The van der Waals surface area contributed by atoms with Crippen LogP contribution in [0, 0.1) is 13.8 Å². The number of aromatic nitrogens is 1. The van der Waals surface area contributed by atoms with E-state index in [0.29, 0.717) is 0 Å². The summed E-state index contributed by atoms with van der Waals surface area (Å²) in [4.78, 5) is 16.2. The minimum absolute atomic E-state index is 0.150. The third-order valence-corrected chi connectivity index (χ3v) is 3.83. The number of nitrogen functional groups attached to an aromatic ring is 1. The first kappa shape index (κ1) is 17.5. The van der Waals surface area contributed by atoms with E-state index < -0.39 is 5.97 Å². The zero-order chi connectivity index (χ0) is 18.5. The number of ether oxygens (including phenoxy) is 2. The molecule has 1 aromatic heterocycles. The summed E-state index contributed by atoms with van der Waals surface area (Å²) < 4.78 is 11.1. The van der Waals surface area contributed by atoms with Gasteiger partial charge in [-0.3, -0.25) is 0 Å². The molecule has 0 fully saturated rings. The Morgan fingerprint density at radius 3 is 2.15 bits per heavy atom. The lowest BCUT2D eigenvalue weighted by Gasteiger charge is -2.09. The van der Waals surface area contributed by atoms with Crippen molar-refractivity contribution in [2.24, 2.45) is 0 Å². The first-order valence-corrected chi connectivity index (χ1v) is 8.25. The van der Waals surface area contributed by atoms with Crippen molar-refractivity contribution >= 4 is 11.8 Å². The van der Waals surface area contributed by atoms with Gasteiger partial charge in [0.05, 0.1) is 0 Å². The van der Waals surface area contributed by atoms with Crippen molar-refractivity contribution in [3.05, 3.63) is 83.0 Å². The molecule has 0 bridgehead atoms. The van der Waals surface area contributed by atoms with Crippen LogP contribution < -0.4 is 10.5 Å². The van der Waals surface area contributed by atoms with E-state index in [1.807, 2.05) is 62.4 Å². The Morgan fingerprint density at radius 2 is 1.54 bits per heavy atom. The highest BCUT2D eigenvalue weighted by molar-refractivity contribution is 5.94. The first-order valence-electron chi connectivity index (χ1n) is 8.25. The second kappa shape index (κ2) is 7.70. The van der Waals surface area contributed by atoms with Gasteiger partial charge in [0.25, 0.3) is 0 Å². The molecule has 0 saturated carbocycles. The molecule has 1 heterocycles. The number of carbonyl (C=O) groups excluding carboxylic acids is 1. The van der Waals surface area contributed by atoms with E-state index >= 15 is 0 Å². The molecule has 26 heavy (non-hydrogen) atoms. The molecule has 0 amide bonds. The smallest absolute Gasteiger partial charge is 0.342 e. The maximum atomic E-state index is 12.1. The molecule has 2 aromatic carbocycles. The highest BCUT2D eigenvalue weighted by atomic mass is 16.5. The first-order chi connectivity index (χ1) is 12.5. The molecule has 3 aromatic rings. The van der Waals surface area contributed by atoms with Crippen LogP contribution >= 0.6 is 0 Å². The van der Waals surface area contributed by atoms with Gasteiger partial charge >= 0.3 is 5.97 Å². The van der Waals surface area contributed by atoms with E-state index in [1.54, 1.807) is 12.1 Å². The normalized spacial score (nSPS) is 10.4. The number of rotatable bonds is 5. The van der Waals surface area contributed by atoms with E-state index in [1.165, 1.54) is 5.56 Å². The number of pyridine rings is 1. The second-order valence-corrected chi connectivity index (χ2v) is 6.02. The lowest BCUT2D eigenvalue weighted by atomic mass is 10.2. The summed E-state index contributed by atoms with van der Waals surface area (Å²) in [6, 6.07) is 18.6. The number of hydrogen-bond acceptors (Lipinski definition) is 5. The summed E-state index contributed by atoms with van der Waals surface area (Å²) >= 11 is 0. The number of aryl methyl sites for hydroxylation is 2. The Kier molecular flexibility index (Phi) is 5.17. The van der Waals surface area contributed by atoms with Gasteiger partial charge < -0.3 is 15.2 Å². The Morgan fingerprint density at radius 1 is 0.923 bits per heavy atom. The third-order valence-electron chi connectivity index (χ3n) is 3.83. The standard InChI is InChI=1S/C21H20N2O3/c1-14-3-8-17(9-4-14)26-18-10-6-16(7-11-18)13-25-21(24)19-12-5-15(2)23-20(19)22/h3-12H,13H2,1-2H3,(H2,22,23). The summed E-state index contributed by atoms with van der Waals surface area (Å²) in [6.07, 6.45) is 0. The lowest BCUT2D eigenvalue weighted by molar-refractivity contribution is 0.0473. The Bertz CT molecular complexity index is 904. The van der Waals surface area contributed by atoms with Gasteiger partial charge in [0.2, 0.25) is 0 Å². The fraction of sp³-hybridized carbons (Fsp3) is 0.143. The van der Waals surface area contributed by atoms with Crippen LogP contribution in [-0.4, -0.2) is 11.0 Å². The third kappa shape index (κ3) is 4.39. The minimum atomic E-state index is -0.491. The Hall–Kier alpha value is -3.34. The molecule has 0 spiro atoms. The van der Waals surface area contributed by atoms with Gasteiger partial charge in [0.15, 0.2) is 0 Å². The van der Waals surface area contributed by atoms with Gasteiger partial charge in [-0.1, -0.05) is 29.8 Å². The molecule has 0 unspecified atom stereocenters. The number of anilines is 1. The quantitative estimate of drug-likeness (QED) is 0.690. The van der Waals surface area contributed by atoms with Gasteiger partial charge in [0.1, 0.15) is 29.5 Å². The maximum absolute atomic E-state index is 12.1. The van der Waals surface area contributed by atoms with Crippen molar-refractivity contribution in [2.45, 2.75) is 20.5 Å². The maximum Gasteiger partial charge on any atom is 0.342 e. The second-order valence-electron chi connectivity index (χ2n) is 6.02. The highest BCUT2D eigenvalue weighted by Gasteiger charge is 2.12. The summed E-state index contributed by atoms with van der Waals surface area (Å²) in [5, 5.41) is 0. The van der Waals surface area contributed by atoms with Gasteiger partial charge in [-0.2, -0.15) is 0 Å². The SMILES string of the molecule is Cc1ccc(Oc2ccc(COC(=O)c3ccc(C)nc3N)cc2)cc1. The molecule has 3 rings (SSSR count). The van der Waals surface area contributed by atoms with Crippen LogP contribution in [0.1, 0.15) is 27.2 Å². The summed E-state index contributed by atoms with van der Waals surface area (Å²) in [5.41, 5.74) is 8.83. The van der Waals surface area contributed by atoms with Crippen LogP contribution in [0.15, 0.2) is 60.7 Å². The van der Waals surface area contributed by atoms with Crippen LogP contribution in [0.2, 0.25) is 0 Å². The molecular formula is C21H20N2O3. The highest BCUT2D eigenvalue weighted by Crippen LogP contribution is 2.22. The van der Waals surface area contributed by atoms with Crippen molar-refractivity contribution in [1.82, 2.24) is 4.98 Å². The van der Waals surface area contributed by atoms with Crippen LogP contribution in [0.3, 0.4) is 0 Å². The van der Waals surface area contributed by atoms with E-state index in [4.69, 9.17) is 15.2 Å². The topological polar surface area (TPSA) is 74.4 Å². The molecule has 0 aliphatic rings.